The van der Waals surface area contributed by atoms with Gasteiger partial charge in [0.25, 0.3) is 11.8 Å². The van der Waals surface area contributed by atoms with Gasteiger partial charge in [0.2, 0.25) is 15.9 Å². The van der Waals surface area contributed by atoms with E-state index in [-0.39, 0.29) is 27.7 Å². The second kappa shape index (κ2) is 9.55. The summed E-state index contributed by atoms with van der Waals surface area (Å²) >= 11 is 1.01. The van der Waals surface area contributed by atoms with E-state index < -0.39 is 0 Å². The summed E-state index contributed by atoms with van der Waals surface area (Å²) in [6.07, 6.45) is 4.40. The van der Waals surface area contributed by atoms with Crippen LogP contribution in [0.5, 0.6) is 0 Å². The van der Waals surface area contributed by atoms with Gasteiger partial charge < -0.3 is 15.1 Å². The fourth-order valence-corrected chi connectivity index (χ4v) is 4.75. The minimum absolute atomic E-state index is 0.162. The number of amides is 3. The lowest BCUT2D eigenvalue weighted by atomic mass is 9.93. The number of hydrogen-bond acceptors (Lipinski definition) is 6. The summed E-state index contributed by atoms with van der Waals surface area (Å²) in [7, 11) is 0. The zero-order chi connectivity index (χ0) is 21.8. The second-order valence-corrected chi connectivity index (χ2v) is 9.24. The monoisotopic (exact) mass is 441 g/mol. The van der Waals surface area contributed by atoms with Crippen molar-refractivity contribution in [3.63, 3.8) is 0 Å². The quantitative estimate of drug-likeness (QED) is 0.770. The molecule has 1 aromatic carbocycles. The van der Waals surface area contributed by atoms with Crippen molar-refractivity contribution in [2.24, 2.45) is 5.92 Å². The van der Waals surface area contributed by atoms with Gasteiger partial charge in [0.15, 0.2) is 0 Å². The Hall–Kier alpha value is -2.81. The topological polar surface area (TPSA) is 95.5 Å². The maximum atomic E-state index is 12.8. The SMILES string of the molecule is Cc1ccc(NC(=O)c2nnc(C(=O)N3CCC(CC(=O)N4CCCC4)CC3)s2)cc1. The van der Waals surface area contributed by atoms with Gasteiger partial charge in [-0.05, 0) is 50.7 Å². The van der Waals surface area contributed by atoms with E-state index in [4.69, 9.17) is 0 Å². The first-order valence-corrected chi connectivity index (χ1v) is 11.6. The molecule has 0 bridgehead atoms. The lowest BCUT2D eigenvalue weighted by Gasteiger charge is -2.31. The fraction of sp³-hybridized carbons (Fsp3) is 0.500. The number of carbonyl (C=O) groups is 3. The Kier molecular flexibility index (Phi) is 6.60. The van der Waals surface area contributed by atoms with Gasteiger partial charge in [-0.15, -0.1) is 10.2 Å². The van der Waals surface area contributed by atoms with Crippen LogP contribution in [-0.4, -0.2) is 63.9 Å². The summed E-state index contributed by atoms with van der Waals surface area (Å²) in [6.45, 7) is 4.94. The van der Waals surface area contributed by atoms with Crippen LogP contribution in [0.1, 0.15) is 57.3 Å². The Morgan fingerprint density at radius 3 is 2.29 bits per heavy atom. The van der Waals surface area contributed by atoms with Gasteiger partial charge in [-0.25, -0.2) is 0 Å². The first-order valence-electron chi connectivity index (χ1n) is 10.8. The molecule has 31 heavy (non-hydrogen) atoms. The molecule has 2 aliphatic heterocycles. The first kappa shape index (κ1) is 21.4. The Morgan fingerprint density at radius 2 is 1.61 bits per heavy atom. The van der Waals surface area contributed by atoms with E-state index in [2.05, 4.69) is 15.5 Å². The van der Waals surface area contributed by atoms with Gasteiger partial charge in [0.1, 0.15) is 0 Å². The summed E-state index contributed by atoms with van der Waals surface area (Å²) < 4.78 is 0. The van der Waals surface area contributed by atoms with E-state index in [0.29, 0.717) is 31.1 Å². The zero-order valence-electron chi connectivity index (χ0n) is 17.7. The van der Waals surface area contributed by atoms with Crippen LogP contribution in [0.4, 0.5) is 5.69 Å². The molecular formula is C22H27N5O3S. The lowest BCUT2D eigenvalue weighted by Crippen LogP contribution is -2.40. The van der Waals surface area contributed by atoms with Crippen LogP contribution < -0.4 is 5.32 Å². The highest BCUT2D eigenvalue weighted by Crippen LogP contribution is 2.24. The predicted octanol–water partition coefficient (Wildman–Crippen LogP) is 2.96. The van der Waals surface area contributed by atoms with Crippen molar-refractivity contribution in [3.8, 4) is 0 Å². The zero-order valence-corrected chi connectivity index (χ0v) is 18.5. The number of hydrogen-bond donors (Lipinski definition) is 1. The number of anilines is 1. The minimum atomic E-state index is -0.375. The molecule has 8 nitrogen and oxygen atoms in total. The number of nitrogens with one attached hydrogen (secondary N) is 1. The van der Waals surface area contributed by atoms with E-state index in [0.717, 1.165) is 55.7 Å². The third-order valence-electron chi connectivity index (χ3n) is 5.94. The molecule has 3 amide bonds. The number of piperidine rings is 1. The van der Waals surface area contributed by atoms with E-state index >= 15 is 0 Å². The number of aromatic nitrogens is 2. The smallest absolute Gasteiger partial charge is 0.286 e. The summed E-state index contributed by atoms with van der Waals surface area (Å²) in [6, 6.07) is 7.46. The van der Waals surface area contributed by atoms with Crippen molar-refractivity contribution < 1.29 is 14.4 Å². The summed E-state index contributed by atoms with van der Waals surface area (Å²) in [5, 5.41) is 11.0. The van der Waals surface area contributed by atoms with Crippen LogP contribution in [0.3, 0.4) is 0 Å². The highest BCUT2D eigenvalue weighted by Gasteiger charge is 2.29. The van der Waals surface area contributed by atoms with Crippen molar-refractivity contribution >= 4 is 34.7 Å². The number of likely N-dealkylation sites (tertiary alicyclic amines) is 2. The van der Waals surface area contributed by atoms with Crippen LogP contribution in [0, 0.1) is 12.8 Å². The van der Waals surface area contributed by atoms with Crippen LogP contribution in [0.15, 0.2) is 24.3 Å². The average molecular weight is 442 g/mol. The molecule has 0 radical (unpaired) electrons. The number of carbonyl (C=O) groups excluding carboxylic acids is 3. The van der Waals surface area contributed by atoms with Crippen LogP contribution >= 0.6 is 11.3 Å². The molecule has 4 rings (SSSR count). The molecule has 2 aromatic rings. The van der Waals surface area contributed by atoms with Crippen LogP contribution in [-0.2, 0) is 4.79 Å². The average Bonchev–Trinajstić information content (AvgIpc) is 3.48. The maximum Gasteiger partial charge on any atom is 0.286 e. The van der Waals surface area contributed by atoms with Crippen molar-refractivity contribution in [1.82, 2.24) is 20.0 Å². The van der Waals surface area contributed by atoms with Crippen molar-refractivity contribution in [1.29, 1.82) is 0 Å². The molecule has 0 saturated carbocycles. The standard InChI is InChI=1S/C22H27N5O3S/c1-15-4-6-17(7-5-15)23-19(29)20-24-25-21(31-20)22(30)27-12-8-16(9-13-27)14-18(28)26-10-2-3-11-26/h4-7,16H,2-3,8-14H2,1H3,(H,23,29). The summed E-state index contributed by atoms with van der Waals surface area (Å²) in [4.78, 5) is 41.3. The largest absolute Gasteiger partial charge is 0.343 e. The number of nitrogens with zero attached hydrogens (tertiary/aromatic N) is 4. The molecular weight excluding hydrogens is 414 g/mol. The molecule has 1 N–H and O–H groups in total. The highest BCUT2D eigenvalue weighted by atomic mass is 32.1. The Labute approximate surface area is 185 Å². The number of rotatable bonds is 5. The predicted molar refractivity (Wildman–Crippen MR) is 118 cm³/mol. The fourth-order valence-electron chi connectivity index (χ4n) is 4.04. The van der Waals surface area contributed by atoms with Gasteiger partial charge in [-0.3, -0.25) is 14.4 Å². The molecule has 9 heteroatoms. The molecule has 0 aliphatic carbocycles. The Bertz CT molecular complexity index is 944. The van der Waals surface area contributed by atoms with Gasteiger partial charge in [-0.2, -0.15) is 0 Å². The van der Waals surface area contributed by atoms with Crippen molar-refractivity contribution in [2.75, 3.05) is 31.5 Å². The third kappa shape index (κ3) is 5.28. The molecule has 2 fully saturated rings. The Balaban J connectivity index is 1.28. The molecule has 1 aromatic heterocycles. The Morgan fingerprint density at radius 1 is 0.968 bits per heavy atom. The molecule has 164 valence electrons. The second-order valence-electron chi connectivity index (χ2n) is 8.26. The van der Waals surface area contributed by atoms with Crippen LogP contribution in [0.25, 0.3) is 0 Å². The first-order chi connectivity index (χ1) is 15.0. The number of benzene rings is 1. The van der Waals surface area contributed by atoms with Gasteiger partial charge in [0, 0.05) is 38.3 Å². The van der Waals surface area contributed by atoms with E-state index in [1.165, 1.54) is 0 Å². The lowest BCUT2D eigenvalue weighted by molar-refractivity contribution is -0.131. The molecule has 2 saturated heterocycles. The molecule has 0 spiro atoms. The molecule has 0 unspecified atom stereocenters. The minimum Gasteiger partial charge on any atom is -0.343 e. The van der Waals surface area contributed by atoms with E-state index in [9.17, 15) is 14.4 Å². The van der Waals surface area contributed by atoms with E-state index in [1.807, 2.05) is 36.1 Å². The maximum absolute atomic E-state index is 12.8. The molecule has 0 atom stereocenters. The molecule has 3 heterocycles. The molecule has 2 aliphatic rings. The normalized spacial score (nSPS) is 17.1. The van der Waals surface area contributed by atoms with Crippen molar-refractivity contribution in [3.05, 3.63) is 39.8 Å². The summed E-state index contributed by atoms with van der Waals surface area (Å²) in [5.41, 5.74) is 1.77. The van der Waals surface area contributed by atoms with Crippen LogP contribution in [0.2, 0.25) is 0 Å². The highest BCUT2D eigenvalue weighted by molar-refractivity contribution is 7.15. The van der Waals surface area contributed by atoms with Crippen molar-refractivity contribution in [2.45, 2.75) is 39.0 Å². The van der Waals surface area contributed by atoms with Gasteiger partial charge in [-0.1, -0.05) is 29.0 Å². The number of aryl methyl sites for hydroxylation is 1. The van der Waals surface area contributed by atoms with Gasteiger partial charge in [0.05, 0.1) is 0 Å². The summed E-state index contributed by atoms with van der Waals surface area (Å²) in [5.74, 6) is -0.00575. The third-order valence-corrected chi connectivity index (χ3v) is 6.85. The van der Waals surface area contributed by atoms with Gasteiger partial charge >= 0.3 is 0 Å². The van der Waals surface area contributed by atoms with E-state index in [1.54, 1.807) is 4.90 Å².